The molecule has 0 aliphatic rings. The Bertz CT molecular complexity index is 2300. The summed E-state index contributed by atoms with van der Waals surface area (Å²) in [6.45, 7) is 0. The van der Waals surface area contributed by atoms with E-state index in [2.05, 4.69) is 30.3 Å². The van der Waals surface area contributed by atoms with Crippen LogP contribution in [0.4, 0.5) is 0 Å². The van der Waals surface area contributed by atoms with Gasteiger partial charge in [0.2, 0.25) is 0 Å². The molecule has 0 aliphatic carbocycles. The Morgan fingerprint density at radius 3 is 1.55 bits per heavy atom. The fourth-order valence-corrected chi connectivity index (χ4v) is 6.02. The van der Waals surface area contributed by atoms with Gasteiger partial charge >= 0.3 is 0 Å². The summed E-state index contributed by atoms with van der Waals surface area (Å²) in [7, 11) is 0. The van der Waals surface area contributed by atoms with Gasteiger partial charge in [0.15, 0.2) is 23.3 Å². The SMILES string of the molecule is Clc1cccc(-c2cccc(-c3nc(-c4ccccc4)c4ccccc4n3)c2)c1-c1nc(-c2ccccc2)nc(-c2ccccc2)n1. The van der Waals surface area contributed by atoms with Crippen molar-refractivity contribution in [2.75, 3.05) is 0 Å². The third kappa shape index (κ3) is 5.65. The first-order valence-corrected chi connectivity index (χ1v) is 15.7. The molecule has 8 rings (SSSR count). The normalized spacial score (nSPS) is 11.1. The van der Waals surface area contributed by atoms with Crippen LogP contribution >= 0.6 is 11.6 Å². The first-order chi connectivity index (χ1) is 23.2. The van der Waals surface area contributed by atoms with Gasteiger partial charge in [-0.25, -0.2) is 24.9 Å². The van der Waals surface area contributed by atoms with Crippen LogP contribution in [-0.4, -0.2) is 24.9 Å². The van der Waals surface area contributed by atoms with Crippen molar-refractivity contribution in [3.63, 3.8) is 0 Å². The topological polar surface area (TPSA) is 64.5 Å². The zero-order valence-electron chi connectivity index (χ0n) is 25.1. The van der Waals surface area contributed by atoms with E-state index in [1.165, 1.54) is 0 Å². The molecule has 0 spiro atoms. The first-order valence-electron chi connectivity index (χ1n) is 15.3. The van der Waals surface area contributed by atoms with Crippen LogP contribution in [0, 0.1) is 0 Å². The van der Waals surface area contributed by atoms with Crippen LogP contribution in [0.15, 0.2) is 158 Å². The van der Waals surface area contributed by atoms with E-state index in [1.54, 1.807) is 0 Å². The van der Waals surface area contributed by atoms with Crippen LogP contribution in [0.25, 0.3) is 78.8 Å². The summed E-state index contributed by atoms with van der Waals surface area (Å²) in [5.41, 5.74) is 8.07. The van der Waals surface area contributed by atoms with E-state index in [0.717, 1.165) is 55.5 Å². The molecule has 0 unspecified atom stereocenters. The highest BCUT2D eigenvalue weighted by molar-refractivity contribution is 6.34. The van der Waals surface area contributed by atoms with Crippen molar-refractivity contribution in [3.8, 4) is 67.9 Å². The number of aromatic nitrogens is 5. The summed E-state index contributed by atoms with van der Waals surface area (Å²) < 4.78 is 0. The number of hydrogen-bond acceptors (Lipinski definition) is 5. The van der Waals surface area contributed by atoms with Gasteiger partial charge in [-0.1, -0.05) is 151 Å². The van der Waals surface area contributed by atoms with Crippen molar-refractivity contribution >= 4 is 22.5 Å². The monoisotopic (exact) mass is 623 g/mol. The lowest BCUT2D eigenvalue weighted by molar-refractivity contribution is 1.07. The largest absolute Gasteiger partial charge is 0.228 e. The molecular weight excluding hydrogens is 598 g/mol. The molecule has 0 aliphatic heterocycles. The number of benzene rings is 6. The van der Waals surface area contributed by atoms with E-state index in [4.69, 9.17) is 36.5 Å². The van der Waals surface area contributed by atoms with Crippen molar-refractivity contribution in [2.45, 2.75) is 0 Å². The smallest absolute Gasteiger partial charge is 0.166 e. The molecule has 47 heavy (non-hydrogen) atoms. The van der Waals surface area contributed by atoms with Crippen molar-refractivity contribution in [1.82, 2.24) is 24.9 Å². The van der Waals surface area contributed by atoms with Crippen molar-refractivity contribution in [1.29, 1.82) is 0 Å². The Labute approximate surface area is 277 Å². The van der Waals surface area contributed by atoms with Crippen LogP contribution in [0.3, 0.4) is 0 Å². The third-order valence-corrected chi connectivity index (χ3v) is 8.33. The molecule has 0 saturated heterocycles. The summed E-state index contributed by atoms with van der Waals surface area (Å²) in [6, 6.07) is 52.3. The molecule has 0 amide bonds. The molecule has 2 heterocycles. The number of halogens is 1. The Morgan fingerprint density at radius 2 is 0.872 bits per heavy atom. The molecule has 0 fully saturated rings. The van der Waals surface area contributed by atoms with Gasteiger partial charge in [0, 0.05) is 33.2 Å². The predicted molar refractivity (Wildman–Crippen MR) is 191 cm³/mol. The molecule has 2 aromatic heterocycles. The minimum atomic E-state index is 0.497. The number of nitrogens with zero attached hydrogens (tertiary/aromatic N) is 5. The van der Waals surface area contributed by atoms with E-state index < -0.39 is 0 Å². The number of fused-ring (bicyclic) bond motifs is 1. The maximum absolute atomic E-state index is 7.00. The van der Waals surface area contributed by atoms with Crippen molar-refractivity contribution in [3.05, 3.63) is 163 Å². The maximum Gasteiger partial charge on any atom is 0.166 e. The lowest BCUT2D eigenvalue weighted by Gasteiger charge is -2.14. The minimum absolute atomic E-state index is 0.497. The average Bonchev–Trinajstić information content (AvgIpc) is 3.15. The van der Waals surface area contributed by atoms with E-state index >= 15 is 0 Å². The Morgan fingerprint density at radius 1 is 0.362 bits per heavy atom. The van der Waals surface area contributed by atoms with Gasteiger partial charge in [0.25, 0.3) is 0 Å². The van der Waals surface area contributed by atoms with E-state index in [1.807, 2.05) is 127 Å². The van der Waals surface area contributed by atoms with Crippen LogP contribution in [0.5, 0.6) is 0 Å². The van der Waals surface area contributed by atoms with Gasteiger partial charge in [-0.2, -0.15) is 0 Å². The highest BCUT2D eigenvalue weighted by Crippen LogP contribution is 2.39. The summed E-state index contributed by atoms with van der Waals surface area (Å²) in [6.07, 6.45) is 0. The van der Waals surface area contributed by atoms with Crippen molar-refractivity contribution < 1.29 is 0 Å². The van der Waals surface area contributed by atoms with Gasteiger partial charge in [-0.05, 0) is 29.3 Å². The molecule has 222 valence electrons. The molecule has 5 nitrogen and oxygen atoms in total. The lowest BCUT2D eigenvalue weighted by atomic mass is 9.97. The van der Waals surface area contributed by atoms with Crippen molar-refractivity contribution in [2.24, 2.45) is 0 Å². The maximum atomic E-state index is 7.00. The number of para-hydroxylation sites is 1. The first kappa shape index (κ1) is 28.4. The molecule has 0 N–H and O–H groups in total. The van der Waals surface area contributed by atoms with E-state index in [9.17, 15) is 0 Å². The molecule has 6 heteroatoms. The summed E-state index contributed by atoms with van der Waals surface area (Å²) in [4.78, 5) is 24.9. The molecule has 6 aromatic carbocycles. The molecule has 0 radical (unpaired) electrons. The van der Waals surface area contributed by atoms with E-state index in [-0.39, 0.29) is 0 Å². The van der Waals surface area contributed by atoms with Crippen LogP contribution in [-0.2, 0) is 0 Å². The summed E-state index contributed by atoms with van der Waals surface area (Å²) in [5.74, 6) is 2.29. The van der Waals surface area contributed by atoms with Gasteiger partial charge in [0.05, 0.1) is 16.2 Å². The van der Waals surface area contributed by atoms with Gasteiger partial charge in [-0.3, -0.25) is 0 Å². The predicted octanol–water partition coefficient (Wildman–Crippen LogP) is 10.5. The highest BCUT2D eigenvalue weighted by atomic mass is 35.5. The molecule has 0 saturated carbocycles. The number of rotatable bonds is 6. The fraction of sp³-hybridized carbons (Fsp3) is 0. The zero-order chi connectivity index (χ0) is 31.6. The Hall–Kier alpha value is -6.04. The standard InChI is InChI=1S/C41H26ClN5/c42-34-24-13-23-32(36(34)41-46-38(28-16-6-2-7-17-28)45-39(47-41)29-18-8-3-9-19-29)30-20-12-21-31(26-30)40-43-35-25-11-10-22-33(35)37(44-40)27-14-4-1-5-15-27/h1-26H. The zero-order valence-corrected chi connectivity index (χ0v) is 25.9. The average molecular weight is 624 g/mol. The Balaban J connectivity index is 1.29. The molecular formula is C41H26ClN5. The lowest BCUT2D eigenvalue weighted by Crippen LogP contribution is -2.01. The minimum Gasteiger partial charge on any atom is -0.228 e. The second kappa shape index (κ2) is 12.4. The van der Waals surface area contributed by atoms with E-state index in [0.29, 0.717) is 28.3 Å². The van der Waals surface area contributed by atoms with Crippen LogP contribution < -0.4 is 0 Å². The van der Waals surface area contributed by atoms with Gasteiger partial charge < -0.3 is 0 Å². The second-order valence-corrected chi connectivity index (χ2v) is 11.5. The summed E-state index contributed by atoms with van der Waals surface area (Å²) >= 11 is 7.00. The molecule has 0 bridgehead atoms. The highest BCUT2D eigenvalue weighted by Gasteiger charge is 2.19. The summed E-state index contributed by atoms with van der Waals surface area (Å²) in [5, 5.41) is 1.56. The second-order valence-electron chi connectivity index (χ2n) is 11.1. The number of hydrogen-bond donors (Lipinski definition) is 0. The molecule has 8 aromatic rings. The van der Waals surface area contributed by atoms with Crippen LogP contribution in [0.1, 0.15) is 0 Å². The quantitative estimate of drug-likeness (QED) is 0.184. The van der Waals surface area contributed by atoms with Gasteiger partial charge in [-0.15, -0.1) is 0 Å². The third-order valence-electron chi connectivity index (χ3n) is 8.02. The Kier molecular flexibility index (Phi) is 7.50. The fourth-order valence-electron chi connectivity index (χ4n) is 5.76. The van der Waals surface area contributed by atoms with Gasteiger partial charge in [0.1, 0.15) is 0 Å². The van der Waals surface area contributed by atoms with Crippen LogP contribution in [0.2, 0.25) is 5.02 Å². The molecule has 0 atom stereocenters.